The Labute approximate surface area is 178 Å². The third-order valence-electron chi connectivity index (χ3n) is 4.46. The maximum absolute atomic E-state index is 14.4. The van der Waals surface area contributed by atoms with Gasteiger partial charge < -0.3 is 4.90 Å². The molecule has 0 aliphatic heterocycles. The van der Waals surface area contributed by atoms with Crippen LogP contribution in [-0.2, 0) is 4.79 Å². The maximum atomic E-state index is 14.4. The molecule has 0 aliphatic rings. The number of para-hydroxylation sites is 1. The van der Waals surface area contributed by atoms with Crippen LogP contribution in [0.15, 0.2) is 69.9 Å². The van der Waals surface area contributed by atoms with E-state index in [1.54, 1.807) is 24.6 Å². The average Bonchev–Trinajstić information content (AvgIpc) is 3.22. The monoisotopic (exact) mass is 443 g/mol. The van der Waals surface area contributed by atoms with E-state index < -0.39 is 11.6 Å². The van der Waals surface area contributed by atoms with E-state index in [0.717, 1.165) is 11.8 Å². The van der Waals surface area contributed by atoms with Gasteiger partial charge >= 0.3 is 0 Å². The van der Waals surface area contributed by atoms with E-state index in [9.17, 15) is 18.4 Å². The zero-order valence-electron chi connectivity index (χ0n) is 15.7. The van der Waals surface area contributed by atoms with E-state index in [2.05, 4.69) is 4.98 Å². The Kier molecular flexibility index (Phi) is 5.65. The summed E-state index contributed by atoms with van der Waals surface area (Å²) in [6.07, 6.45) is 0. The van der Waals surface area contributed by atoms with Crippen LogP contribution in [0.2, 0.25) is 0 Å². The van der Waals surface area contributed by atoms with E-state index in [1.165, 1.54) is 63.3 Å². The van der Waals surface area contributed by atoms with Gasteiger partial charge in [-0.25, -0.2) is 13.8 Å². The first-order chi connectivity index (χ1) is 14.5. The Morgan fingerprint density at radius 3 is 2.60 bits per heavy atom. The summed E-state index contributed by atoms with van der Waals surface area (Å²) in [5.41, 5.74) is 0.725. The second-order valence-corrected chi connectivity index (χ2v) is 8.20. The molecule has 0 atom stereocenters. The highest BCUT2D eigenvalue weighted by molar-refractivity contribution is 7.99. The number of halogens is 2. The highest BCUT2D eigenvalue weighted by atomic mass is 32.2. The van der Waals surface area contributed by atoms with Crippen LogP contribution in [0.5, 0.6) is 0 Å². The Balaban J connectivity index is 1.68. The molecule has 0 unspecified atom stereocenters. The Morgan fingerprint density at radius 2 is 1.87 bits per heavy atom. The van der Waals surface area contributed by atoms with Crippen LogP contribution >= 0.6 is 23.1 Å². The smallest absolute Gasteiger partial charge is 0.276 e. The summed E-state index contributed by atoms with van der Waals surface area (Å²) in [4.78, 5) is 31.5. The molecule has 2 aromatic heterocycles. The molecule has 4 aromatic rings. The first kappa shape index (κ1) is 20.2. The molecule has 2 aromatic carbocycles. The Bertz CT molecular complexity index is 1290. The molecular weight excluding hydrogens is 428 g/mol. The normalized spacial score (nSPS) is 11.0. The van der Waals surface area contributed by atoms with Crippen molar-refractivity contribution < 1.29 is 13.6 Å². The molecule has 0 spiro atoms. The van der Waals surface area contributed by atoms with Gasteiger partial charge in [0.2, 0.25) is 5.91 Å². The maximum Gasteiger partial charge on any atom is 0.276 e. The molecule has 0 saturated carbocycles. The minimum atomic E-state index is -0.561. The van der Waals surface area contributed by atoms with Crippen molar-refractivity contribution in [2.45, 2.75) is 5.16 Å². The van der Waals surface area contributed by atoms with Crippen molar-refractivity contribution in [3.8, 4) is 5.69 Å². The predicted molar refractivity (Wildman–Crippen MR) is 116 cm³/mol. The molecule has 0 fully saturated rings. The van der Waals surface area contributed by atoms with Crippen LogP contribution in [0.3, 0.4) is 0 Å². The van der Waals surface area contributed by atoms with Gasteiger partial charge in [-0.1, -0.05) is 23.9 Å². The number of nitrogens with zero attached hydrogens (tertiary/aromatic N) is 3. The predicted octanol–water partition coefficient (Wildman–Crippen LogP) is 4.48. The second kappa shape index (κ2) is 8.37. The number of thiophene rings is 1. The standard InChI is InChI=1S/C21H15F2N3O2S2/c1-25(14-8-6-13(22)7-9-14)18(27)12-30-21-24-16-10-11-29-19(16)20(28)26(21)17-5-3-2-4-15(17)23/h2-11H,12H2,1H3. The molecule has 5 nitrogen and oxygen atoms in total. The summed E-state index contributed by atoms with van der Waals surface area (Å²) in [5.74, 6) is -1.26. The fourth-order valence-corrected chi connectivity index (χ4v) is 4.55. The largest absolute Gasteiger partial charge is 0.315 e. The number of hydrogen-bond acceptors (Lipinski definition) is 5. The number of amides is 1. The fourth-order valence-electron chi connectivity index (χ4n) is 2.87. The van der Waals surface area contributed by atoms with Crippen LogP contribution < -0.4 is 10.5 Å². The first-order valence-corrected chi connectivity index (χ1v) is 10.7. The molecule has 0 saturated heterocycles. The van der Waals surface area contributed by atoms with Crippen molar-refractivity contribution in [2.75, 3.05) is 17.7 Å². The lowest BCUT2D eigenvalue weighted by atomic mass is 10.3. The molecule has 4 rings (SSSR count). The van der Waals surface area contributed by atoms with E-state index in [1.807, 2.05) is 0 Å². The van der Waals surface area contributed by atoms with Gasteiger partial charge in [-0.3, -0.25) is 14.2 Å². The summed E-state index contributed by atoms with van der Waals surface area (Å²) < 4.78 is 29.2. The van der Waals surface area contributed by atoms with Crippen molar-refractivity contribution in [3.05, 3.63) is 82.0 Å². The van der Waals surface area contributed by atoms with E-state index in [-0.39, 0.29) is 28.1 Å². The van der Waals surface area contributed by atoms with Crippen LogP contribution in [0.1, 0.15) is 0 Å². The van der Waals surface area contributed by atoms with Gasteiger partial charge in [0.25, 0.3) is 5.56 Å². The van der Waals surface area contributed by atoms with Crippen LogP contribution in [0, 0.1) is 11.6 Å². The first-order valence-electron chi connectivity index (χ1n) is 8.86. The molecule has 0 N–H and O–H groups in total. The molecule has 2 heterocycles. The molecule has 0 bridgehead atoms. The van der Waals surface area contributed by atoms with Crippen molar-refractivity contribution >= 4 is 44.9 Å². The van der Waals surface area contributed by atoms with E-state index in [4.69, 9.17) is 0 Å². The fraction of sp³-hybridized carbons (Fsp3) is 0.0952. The van der Waals surface area contributed by atoms with Crippen LogP contribution in [0.25, 0.3) is 15.9 Å². The van der Waals surface area contributed by atoms with Gasteiger partial charge in [-0.15, -0.1) is 11.3 Å². The van der Waals surface area contributed by atoms with Crippen molar-refractivity contribution in [3.63, 3.8) is 0 Å². The number of thioether (sulfide) groups is 1. The summed E-state index contributed by atoms with van der Waals surface area (Å²) in [7, 11) is 1.58. The Hall–Kier alpha value is -3.04. The number of fused-ring (bicyclic) bond motifs is 1. The lowest BCUT2D eigenvalue weighted by Crippen LogP contribution is -2.28. The molecule has 152 valence electrons. The average molecular weight is 444 g/mol. The van der Waals surface area contributed by atoms with Crippen molar-refractivity contribution in [1.29, 1.82) is 0 Å². The zero-order valence-corrected chi connectivity index (χ0v) is 17.3. The zero-order chi connectivity index (χ0) is 21.3. The molecule has 0 aliphatic carbocycles. The summed E-state index contributed by atoms with van der Waals surface area (Å²) in [5, 5.41) is 1.96. The number of benzene rings is 2. The molecule has 9 heteroatoms. The summed E-state index contributed by atoms with van der Waals surface area (Å²) in [6.45, 7) is 0. The second-order valence-electron chi connectivity index (χ2n) is 6.34. The van der Waals surface area contributed by atoms with Gasteiger partial charge in [0.05, 0.1) is 17.0 Å². The third-order valence-corrected chi connectivity index (χ3v) is 6.27. The van der Waals surface area contributed by atoms with Gasteiger partial charge in [0, 0.05) is 12.7 Å². The number of carbonyl (C=O) groups excluding carboxylic acids is 1. The third kappa shape index (κ3) is 3.86. The van der Waals surface area contributed by atoms with Gasteiger partial charge in [0.15, 0.2) is 5.16 Å². The Morgan fingerprint density at radius 1 is 1.13 bits per heavy atom. The summed E-state index contributed by atoms with van der Waals surface area (Å²) in [6, 6.07) is 13.2. The quantitative estimate of drug-likeness (QED) is 0.337. The minimum absolute atomic E-state index is 0.0373. The minimum Gasteiger partial charge on any atom is -0.315 e. The topological polar surface area (TPSA) is 55.2 Å². The molecule has 30 heavy (non-hydrogen) atoms. The highest BCUT2D eigenvalue weighted by Crippen LogP contribution is 2.25. The van der Waals surface area contributed by atoms with E-state index >= 15 is 0 Å². The number of hydrogen-bond donors (Lipinski definition) is 0. The molecular formula is C21H15F2N3O2S2. The number of aromatic nitrogens is 2. The van der Waals surface area contributed by atoms with Gasteiger partial charge in [-0.05, 0) is 47.8 Å². The van der Waals surface area contributed by atoms with E-state index in [0.29, 0.717) is 15.9 Å². The number of rotatable bonds is 5. The highest BCUT2D eigenvalue weighted by Gasteiger charge is 2.19. The molecule has 1 amide bonds. The number of anilines is 1. The lowest BCUT2D eigenvalue weighted by molar-refractivity contribution is -0.115. The van der Waals surface area contributed by atoms with Gasteiger partial charge in [0.1, 0.15) is 16.3 Å². The number of carbonyl (C=O) groups is 1. The van der Waals surface area contributed by atoms with Crippen LogP contribution in [-0.4, -0.2) is 28.3 Å². The SMILES string of the molecule is CN(C(=O)CSc1nc2ccsc2c(=O)n1-c1ccccc1F)c1ccc(F)cc1. The van der Waals surface area contributed by atoms with Gasteiger partial charge in [-0.2, -0.15) is 0 Å². The summed E-state index contributed by atoms with van der Waals surface area (Å²) >= 11 is 2.27. The van der Waals surface area contributed by atoms with Crippen LogP contribution in [0.4, 0.5) is 14.5 Å². The van der Waals surface area contributed by atoms with Crippen molar-refractivity contribution in [2.24, 2.45) is 0 Å². The molecule has 0 radical (unpaired) electrons. The lowest BCUT2D eigenvalue weighted by Gasteiger charge is -2.18. The van der Waals surface area contributed by atoms with Crippen molar-refractivity contribution in [1.82, 2.24) is 9.55 Å².